The van der Waals surface area contributed by atoms with Crippen molar-refractivity contribution in [3.63, 3.8) is 0 Å². The Morgan fingerprint density at radius 3 is 2.56 bits per heavy atom. The van der Waals surface area contributed by atoms with Crippen molar-refractivity contribution in [2.24, 2.45) is 45.8 Å². The highest BCUT2D eigenvalue weighted by Crippen LogP contribution is 2.73. The number of fused-ring (bicyclic) bond motifs is 5. The van der Waals surface area contributed by atoms with Crippen LogP contribution in [0.25, 0.3) is 0 Å². The van der Waals surface area contributed by atoms with Crippen LogP contribution in [0.15, 0.2) is 23.8 Å². The lowest BCUT2D eigenvalue weighted by atomic mass is 9.41. The Hall–Kier alpha value is -1.09. The number of rotatable bonds is 7. The first-order valence-electron chi connectivity index (χ1n) is 14.9. The van der Waals surface area contributed by atoms with E-state index in [0.29, 0.717) is 49.2 Å². The summed E-state index contributed by atoms with van der Waals surface area (Å²) in [6, 6.07) is -0.814. The predicted octanol–water partition coefficient (Wildman–Crippen LogP) is 6.29. The summed E-state index contributed by atoms with van der Waals surface area (Å²) in [6.45, 7) is 6.93. The van der Waals surface area contributed by atoms with Crippen LogP contribution in [0.1, 0.15) is 78.6 Å². The molecular formula is C31H45F2NO4S. The van der Waals surface area contributed by atoms with Crippen LogP contribution in [0.5, 0.6) is 0 Å². The Bertz CT molecular complexity index is 1030. The number of thioether (sulfide) groups is 1. The van der Waals surface area contributed by atoms with E-state index in [1.807, 2.05) is 13.8 Å². The molecule has 0 aromatic rings. The lowest BCUT2D eigenvalue weighted by molar-refractivity contribution is -0.169. The summed E-state index contributed by atoms with van der Waals surface area (Å²) in [5.74, 6) is -0.901. The average molecular weight is 566 g/mol. The van der Waals surface area contributed by atoms with Gasteiger partial charge in [0.05, 0.1) is 6.10 Å². The fraction of sp³-hybridized carbons (Fsp3) is 0.806. The highest BCUT2D eigenvalue weighted by Gasteiger charge is 2.71. The van der Waals surface area contributed by atoms with Gasteiger partial charge in [-0.3, -0.25) is 9.59 Å². The van der Waals surface area contributed by atoms with Crippen molar-refractivity contribution in [2.45, 2.75) is 90.8 Å². The number of halogens is 2. The normalized spacial score (nSPS) is 44.1. The van der Waals surface area contributed by atoms with Gasteiger partial charge in [0.2, 0.25) is 0 Å². The van der Waals surface area contributed by atoms with Crippen molar-refractivity contribution < 1.29 is 28.7 Å². The van der Waals surface area contributed by atoms with Crippen molar-refractivity contribution in [3.8, 4) is 0 Å². The molecule has 39 heavy (non-hydrogen) atoms. The summed E-state index contributed by atoms with van der Waals surface area (Å²) in [5, 5.41) is 23.8. The molecule has 0 radical (unpaired) electrons. The number of nitrogens with zero attached hydrogens (tertiary/aromatic N) is 1. The molecule has 5 aliphatic carbocycles. The molecule has 0 saturated heterocycles. The fourth-order valence-corrected chi connectivity index (χ4v) is 10.6. The van der Waals surface area contributed by atoms with Crippen molar-refractivity contribution in [1.29, 1.82) is 0 Å². The van der Waals surface area contributed by atoms with Gasteiger partial charge in [0, 0.05) is 30.3 Å². The van der Waals surface area contributed by atoms with Crippen LogP contribution >= 0.6 is 11.8 Å². The van der Waals surface area contributed by atoms with Crippen molar-refractivity contribution in [1.82, 2.24) is 5.06 Å². The molecule has 0 spiro atoms. The van der Waals surface area contributed by atoms with Gasteiger partial charge in [-0.2, -0.15) is 5.06 Å². The van der Waals surface area contributed by atoms with E-state index in [2.05, 4.69) is 6.92 Å². The maximum absolute atomic E-state index is 15.8. The third-order valence-corrected chi connectivity index (χ3v) is 12.5. The third-order valence-electron chi connectivity index (χ3n) is 11.9. The zero-order valence-corrected chi connectivity index (χ0v) is 24.4. The summed E-state index contributed by atoms with van der Waals surface area (Å²) in [7, 11) is 0. The minimum atomic E-state index is -1.31. The molecule has 4 fully saturated rings. The maximum Gasteiger partial charge on any atom is 0.195 e. The molecule has 4 saturated carbocycles. The topological polar surface area (TPSA) is 77.8 Å². The maximum atomic E-state index is 15.8. The zero-order valence-electron chi connectivity index (χ0n) is 23.6. The molecule has 0 aromatic carbocycles. The first-order chi connectivity index (χ1) is 18.4. The molecule has 5 aliphatic rings. The first kappa shape index (κ1) is 29.4. The van der Waals surface area contributed by atoms with Crippen LogP contribution < -0.4 is 0 Å². The van der Waals surface area contributed by atoms with Gasteiger partial charge < -0.3 is 10.3 Å². The number of alkyl halides is 2. The Morgan fingerprint density at radius 2 is 1.87 bits per heavy atom. The summed E-state index contributed by atoms with van der Waals surface area (Å²) >= 11 is 0.678. The van der Waals surface area contributed by atoms with Gasteiger partial charge >= 0.3 is 0 Å². The molecular weight excluding hydrogens is 520 g/mol. The second-order valence-electron chi connectivity index (χ2n) is 13.8. The van der Waals surface area contributed by atoms with E-state index < -0.39 is 40.4 Å². The molecule has 0 amide bonds. The van der Waals surface area contributed by atoms with Crippen molar-refractivity contribution >= 4 is 22.7 Å². The predicted molar refractivity (Wildman–Crippen MR) is 148 cm³/mol. The van der Waals surface area contributed by atoms with Crippen LogP contribution in [0.3, 0.4) is 0 Å². The number of allylic oxidation sites excluding steroid dienone is 4. The summed E-state index contributed by atoms with van der Waals surface area (Å²) < 4.78 is 29.3. The SMILES string of the molecule is CC12C=CC(=O)C=C1C(F)CC1C2C(O)CC2(C)C(C(=O)SCF)C(CN(O)CCC3CCCCC3)CC12C. The van der Waals surface area contributed by atoms with Crippen LogP contribution in [0.2, 0.25) is 0 Å². The van der Waals surface area contributed by atoms with Gasteiger partial charge in [-0.1, -0.05) is 70.7 Å². The van der Waals surface area contributed by atoms with E-state index >= 15 is 4.39 Å². The van der Waals surface area contributed by atoms with E-state index in [4.69, 9.17) is 0 Å². The highest BCUT2D eigenvalue weighted by molar-refractivity contribution is 8.13. The van der Waals surface area contributed by atoms with Crippen molar-refractivity contribution in [3.05, 3.63) is 23.8 Å². The number of carbonyl (C=O) groups is 2. The van der Waals surface area contributed by atoms with Gasteiger partial charge in [0.1, 0.15) is 12.2 Å². The lowest BCUT2D eigenvalue weighted by Crippen LogP contribution is -2.62. The molecule has 0 aliphatic heterocycles. The third kappa shape index (κ3) is 4.89. The number of hydrogen-bond acceptors (Lipinski definition) is 6. The number of carbonyl (C=O) groups excluding carboxylic acids is 2. The van der Waals surface area contributed by atoms with E-state index in [1.165, 1.54) is 49.3 Å². The largest absolute Gasteiger partial charge is 0.393 e. The number of aliphatic hydroxyl groups excluding tert-OH is 1. The second kappa shape index (κ2) is 11.0. The fourth-order valence-electron chi connectivity index (χ4n) is 9.88. The molecule has 8 heteroatoms. The molecule has 0 heterocycles. The minimum absolute atomic E-state index is 0.185. The number of hydrogen-bond donors (Lipinski definition) is 2. The number of ketones is 1. The van der Waals surface area contributed by atoms with Gasteiger partial charge in [0.25, 0.3) is 0 Å². The number of hydroxylamine groups is 2. The summed E-state index contributed by atoms with van der Waals surface area (Å²) in [5.41, 5.74) is -1.51. The smallest absolute Gasteiger partial charge is 0.195 e. The van der Waals surface area contributed by atoms with Crippen LogP contribution in [-0.2, 0) is 9.59 Å². The highest BCUT2D eigenvalue weighted by atomic mass is 32.2. The molecule has 218 valence electrons. The zero-order chi connectivity index (χ0) is 28.2. The Morgan fingerprint density at radius 1 is 1.15 bits per heavy atom. The first-order valence-corrected chi connectivity index (χ1v) is 15.9. The Labute approximate surface area is 235 Å². The Kier molecular flexibility index (Phi) is 8.26. The Balaban J connectivity index is 1.44. The summed E-state index contributed by atoms with van der Waals surface area (Å²) in [4.78, 5) is 25.6. The molecule has 2 N–H and O–H groups in total. The quantitative estimate of drug-likeness (QED) is 0.353. The van der Waals surface area contributed by atoms with E-state index in [-0.39, 0.29) is 35.1 Å². The molecule has 9 atom stereocenters. The van der Waals surface area contributed by atoms with E-state index in [0.717, 1.165) is 6.42 Å². The molecule has 5 rings (SSSR count). The second-order valence-corrected chi connectivity index (χ2v) is 14.7. The van der Waals surface area contributed by atoms with Gasteiger partial charge in [-0.25, -0.2) is 8.78 Å². The minimum Gasteiger partial charge on any atom is -0.393 e. The molecule has 0 bridgehead atoms. The van der Waals surface area contributed by atoms with Crippen molar-refractivity contribution in [2.75, 3.05) is 19.1 Å². The van der Waals surface area contributed by atoms with Crippen LogP contribution in [-0.4, -0.2) is 57.6 Å². The van der Waals surface area contributed by atoms with Gasteiger partial charge in [-0.05, 0) is 72.0 Å². The van der Waals surface area contributed by atoms with Gasteiger partial charge in [0.15, 0.2) is 10.9 Å². The number of aliphatic hydroxyl groups is 1. The molecule has 0 aromatic heterocycles. The standard InChI is InChI=1S/C31H45F2NO4S/c1-29-11-9-21(35)13-22(29)24(33)14-23-27(29)25(36)16-31(3)26(28(37)39-18-32)20(15-30(23,31)2)17-34(38)12-10-19-7-5-4-6-8-19/h9,11,13,19-20,23-27,36,38H,4-8,10,12,14-18H2,1-3H3. The lowest BCUT2D eigenvalue weighted by Gasteiger charge is -2.63. The molecule has 9 unspecified atom stereocenters. The van der Waals surface area contributed by atoms with E-state index in [1.54, 1.807) is 6.08 Å². The monoisotopic (exact) mass is 565 g/mol. The van der Waals surface area contributed by atoms with Crippen LogP contribution in [0.4, 0.5) is 8.78 Å². The summed E-state index contributed by atoms with van der Waals surface area (Å²) in [6.07, 6.45) is 10.8. The van der Waals surface area contributed by atoms with Crippen LogP contribution in [0, 0.1) is 45.8 Å². The van der Waals surface area contributed by atoms with E-state index in [9.17, 15) is 24.3 Å². The average Bonchev–Trinajstić information content (AvgIpc) is 3.10. The molecule has 5 nitrogen and oxygen atoms in total. The van der Waals surface area contributed by atoms with Gasteiger partial charge in [-0.15, -0.1) is 0 Å².